The first kappa shape index (κ1) is 17.5. The van der Waals surface area contributed by atoms with Crippen molar-refractivity contribution in [3.8, 4) is 0 Å². The van der Waals surface area contributed by atoms with Gasteiger partial charge in [0.2, 0.25) is 0 Å². The molecule has 0 radical (unpaired) electrons. The Morgan fingerprint density at radius 3 is 2.32 bits per heavy atom. The zero-order chi connectivity index (χ0) is 17.6. The number of amides is 2. The highest BCUT2D eigenvalue weighted by Gasteiger charge is 2.23. The molecule has 2 atom stereocenters. The molecule has 0 saturated heterocycles. The van der Waals surface area contributed by atoms with Gasteiger partial charge in [-0.05, 0) is 48.9 Å². The normalized spacial score (nSPS) is 16.1. The molecule has 0 heterocycles. The van der Waals surface area contributed by atoms with Crippen LogP contribution in [0, 0.1) is 0 Å². The minimum absolute atomic E-state index is 0.113. The standard InChI is InChI=1S/C21H27N3O/c1-15(17-6-4-3-5-7-17)14-22-16(2)18-8-10-19(11-9-18)23-21(25)24-20-12-13-20/h3-11,15-16,20,22H,12-14H2,1-2H3,(H2,23,24,25). The van der Waals surface area contributed by atoms with Crippen LogP contribution < -0.4 is 16.0 Å². The van der Waals surface area contributed by atoms with E-state index in [-0.39, 0.29) is 12.1 Å². The van der Waals surface area contributed by atoms with Gasteiger partial charge in [0.05, 0.1) is 0 Å². The van der Waals surface area contributed by atoms with Crippen LogP contribution in [0.25, 0.3) is 0 Å². The average molecular weight is 337 g/mol. The molecular formula is C21H27N3O. The van der Waals surface area contributed by atoms with Crippen molar-refractivity contribution in [2.24, 2.45) is 0 Å². The van der Waals surface area contributed by atoms with E-state index in [1.165, 1.54) is 11.1 Å². The number of urea groups is 1. The van der Waals surface area contributed by atoms with Gasteiger partial charge < -0.3 is 16.0 Å². The molecular weight excluding hydrogens is 310 g/mol. The maximum atomic E-state index is 11.8. The molecule has 0 bridgehead atoms. The third kappa shape index (κ3) is 5.33. The third-order valence-electron chi connectivity index (χ3n) is 4.68. The van der Waals surface area contributed by atoms with Gasteiger partial charge in [-0.3, -0.25) is 0 Å². The van der Waals surface area contributed by atoms with Gasteiger partial charge in [0.15, 0.2) is 0 Å². The van der Waals surface area contributed by atoms with Crippen LogP contribution in [0.1, 0.15) is 49.8 Å². The van der Waals surface area contributed by atoms with Crippen LogP contribution in [0.4, 0.5) is 10.5 Å². The lowest BCUT2D eigenvalue weighted by Gasteiger charge is -2.19. The molecule has 3 N–H and O–H groups in total. The second kappa shape index (κ2) is 8.17. The number of hydrogen-bond acceptors (Lipinski definition) is 2. The summed E-state index contributed by atoms with van der Waals surface area (Å²) in [4.78, 5) is 11.8. The van der Waals surface area contributed by atoms with E-state index >= 15 is 0 Å². The summed E-state index contributed by atoms with van der Waals surface area (Å²) in [6, 6.07) is 19.1. The molecule has 132 valence electrons. The average Bonchev–Trinajstić information content (AvgIpc) is 3.44. The van der Waals surface area contributed by atoms with E-state index < -0.39 is 0 Å². The van der Waals surface area contributed by atoms with E-state index in [0.717, 1.165) is 25.1 Å². The Hall–Kier alpha value is -2.33. The molecule has 0 aliphatic heterocycles. The fourth-order valence-corrected chi connectivity index (χ4v) is 2.81. The fraction of sp³-hybridized carbons (Fsp3) is 0.381. The molecule has 0 aromatic heterocycles. The van der Waals surface area contributed by atoms with E-state index in [4.69, 9.17) is 0 Å². The predicted octanol–water partition coefficient (Wildman–Crippen LogP) is 4.42. The SMILES string of the molecule is CC(CNC(C)c1ccc(NC(=O)NC2CC2)cc1)c1ccccc1. The van der Waals surface area contributed by atoms with E-state index in [2.05, 4.69) is 66.2 Å². The van der Waals surface area contributed by atoms with E-state index in [1.54, 1.807) is 0 Å². The zero-order valence-corrected chi connectivity index (χ0v) is 15.0. The van der Waals surface area contributed by atoms with Crippen molar-refractivity contribution in [3.63, 3.8) is 0 Å². The second-order valence-electron chi connectivity index (χ2n) is 6.94. The Labute approximate surface area is 150 Å². The van der Waals surface area contributed by atoms with Crippen LogP contribution in [-0.2, 0) is 0 Å². The highest BCUT2D eigenvalue weighted by molar-refractivity contribution is 5.89. The molecule has 2 aromatic carbocycles. The fourth-order valence-electron chi connectivity index (χ4n) is 2.81. The van der Waals surface area contributed by atoms with Crippen LogP contribution in [0.5, 0.6) is 0 Å². The molecule has 1 aliphatic rings. The van der Waals surface area contributed by atoms with Crippen LogP contribution in [0.2, 0.25) is 0 Å². The lowest BCUT2D eigenvalue weighted by Crippen LogP contribution is -2.30. The van der Waals surface area contributed by atoms with Crippen molar-refractivity contribution in [2.45, 2.75) is 44.7 Å². The number of benzene rings is 2. The van der Waals surface area contributed by atoms with Gasteiger partial charge in [-0.15, -0.1) is 0 Å². The van der Waals surface area contributed by atoms with Gasteiger partial charge in [-0.1, -0.05) is 49.4 Å². The van der Waals surface area contributed by atoms with Gasteiger partial charge >= 0.3 is 6.03 Å². The zero-order valence-electron chi connectivity index (χ0n) is 15.0. The van der Waals surface area contributed by atoms with Crippen molar-refractivity contribution in [1.29, 1.82) is 0 Å². The molecule has 2 amide bonds. The lowest BCUT2D eigenvalue weighted by atomic mass is 10.0. The molecule has 2 unspecified atom stereocenters. The summed E-state index contributed by atoms with van der Waals surface area (Å²) in [5.41, 5.74) is 3.39. The van der Waals surface area contributed by atoms with Crippen molar-refractivity contribution in [1.82, 2.24) is 10.6 Å². The topological polar surface area (TPSA) is 53.2 Å². The van der Waals surface area contributed by atoms with Crippen LogP contribution in [-0.4, -0.2) is 18.6 Å². The van der Waals surface area contributed by atoms with E-state index in [0.29, 0.717) is 12.0 Å². The Morgan fingerprint density at radius 2 is 1.68 bits per heavy atom. The number of carbonyl (C=O) groups is 1. The maximum Gasteiger partial charge on any atom is 0.319 e. The summed E-state index contributed by atoms with van der Waals surface area (Å²) in [5, 5.41) is 9.40. The molecule has 1 fully saturated rings. The summed E-state index contributed by atoms with van der Waals surface area (Å²) < 4.78 is 0. The Bertz CT molecular complexity index is 680. The first-order chi connectivity index (χ1) is 12.1. The quantitative estimate of drug-likeness (QED) is 0.700. The van der Waals surface area contributed by atoms with Crippen molar-refractivity contribution in [3.05, 3.63) is 65.7 Å². The largest absolute Gasteiger partial charge is 0.335 e. The highest BCUT2D eigenvalue weighted by Crippen LogP contribution is 2.20. The van der Waals surface area contributed by atoms with Gasteiger partial charge in [-0.25, -0.2) is 4.79 Å². The number of hydrogen-bond donors (Lipinski definition) is 3. The summed E-state index contributed by atoms with van der Waals surface area (Å²) in [6.45, 7) is 5.33. The Kier molecular flexibility index (Phi) is 5.71. The minimum atomic E-state index is -0.113. The molecule has 3 rings (SSSR count). The van der Waals surface area contributed by atoms with Crippen LogP contribution in [0.3, 0.4) is 0 Å². The van der Waals surface area contributed by atoms with Crippen molar-refractivity contribution >= 4 is 11.7 Å². The van der Waals surface area contributed by atoms with Gasteiger partial charge in [-0.2, -0.15) is 0 Å². The van der Waals surface area contributed by atoms with Crippen molar-refractivity contribution in [2.75, 3.05) is 11.9 Å². The molecule has 2 aromatic rings. The molecule has 4 nitrogen and oxygen atoms in total. The first-order valence-electron chi connectivity index (χ1n) is 9.07. The number of anilines is 1. The molecule has 1 aliphatic carbocycles. The van der Waals surface area contributed by atoms with E-state index in [9.17, 15) is 4.79 Å². The summed E-state index contributed by atoms with van der Waals surface area (Å²) >= 11 is 0. The predicted molar refractivity (Wildman–Crippen MR) is 103 cm³/mol. The van der Waals surface area contributed by atoms with Gasteiger partial charge in [0.1, 0.15) is 0 Å². The van der Waals surface area contributed by atoms with Gasteiger partial charge in [0, 0.05) is 24.3 Å². The highest BCUT2D eigenvalue weighted by atomic mass is 16.2. The molecule has 25 heavy (non-hydrogen) atoms. The third-order valence-corrected chi connectivity index (χ3v) is 4.68. The smallest absolute Gasteiger partial charge is 0.319 e. The van der Waals surface area contributed by atoms with Gasteiger partial charge in [0.25, 0.3) is 0 Å². The Balaban J connectivity index is 1.48. The monoisotopic (exact) mass is 337 g/mol. The van der Waals surface area contributed by atoms with Crippen LogP contribution >= 0.6 is 0 Å². The molecule has 4 heteroatoms. The second-order valence-corrected chi connectivity index (χ2v) is 6.94. The van der Waals surface area contributed by atoms with E-state index in [1.807, 2.05) is 18.2 Å². The summed E-state index contributed by atoms with van der Waals surface area (Å²) in [6.07, 6.45) is 2.19. The van der Waals surface area contributed by atoms with Crippen molar-refractivity contribution < 1.29 is 4.79 Å². The summed E-state index contributed by atoms with van der Waals surface area (Å²) in [5.74, 6) is 0.468. The number of carbonyl (C=O) groups excluding carboxylic acids is 1. The first-order valence-corrected chi connectivity index (χ1v) is 9.07. The molecule has 0 spiro atoms. The molecule has 1 saturated carbocycles. The lowest BCUT2D eigenvalue weighted by molar-refractivity contribution is 0.251. The summed E-state index contributed by atoms with van der Waals surface area (Å²) in [7, 11) is 0. The minimum Gasteiger partial charge on any atom is -0.335 e. The number of nitrogens with one attached hydrogen (secondary N) is 3. The van der Waals surface area contributed by atoms with Crippen LogP contribution in [0.15, 0.2) is 54.6 Å². The number of rotatable bonds is 7. The maximum absolute atomic E-state index is 11.8. The Morgan fingerprint density at radius 1 is 1.00 bits per heavy atom.